The van der Waals surface area contributed by atoms with Crippen molar-refractivity contribution in [1.82, 2.24) is 14.5 Å². The van der Waals surface area contributed by atoms with Crippen molar-refractivity contribution in [1.29, 1.82) is 5.26 Å². The molecule has 0 fully saturated rings. The topological polar surface area (TPSA) is 71.6 Å². The van der Waals surface area contributed by atoms with Gasteiger partial charge < -0.3 is 0 Å². The van der Waals surface area contributed by atoms with Gasteiger partial charge >= 0.3 is 0 Å². The number of aromatic nitrogens is 3. The van der Waals surface area contributed by atoms with Crippen LogP contribution in [0, 0.1) is 25.2 Å². The fraction of sp³-hybridized carbons (Fsp3) is 0.167. The normalized spacial score (nSPS) is 11.8. The molecule has 4 aromatic rings. The standard InChI is InChI=1S/C24H20N4OS2/c1-16-8-10-18(11-9-16)21-13-26-24(28(21)19-6-4-3-5-7-19)31-15-22(29)20(12-25)23-27-17(2)14-30-23/h3-11,13-14,20H,15H2,1-2H3/t20-/m0/s1. The van der Waals surface area contributed by atoms with E-state index in [0.717, 1.165) is 22.6 Å². The van der Waals surface area contributed by atoms with Gasteiger partial charge in [-0.3, -0.25) is 9.36 Å². The number of nitriles is 1. The highest BCUT2D eigenvalue weighted by Crippen LogP contribution is 2.31. The maximum atomic E-state index is 12.8. The summed E-state index contributed by atoms with van der Waals surface area (Å²) in [7, 11) is 0. The van der Waals surface area contributed by atoms with Crippen molar-refractivity contribution in [3.63, 3.8) is 0 Å². The van der Waals surface area contributed by atoms with E-state index in [-0.39, 0.29) is 11.5 Å². The molecule has 0 amide bonds. The summed E-state index contributed by atoms with van der Waals surface area (Å²) in [6, 6.07) is 20.3. The number of rotatable bonds is 7. The Morgan fingerprint density at radius 3 is 2.55 bits per heavy atom. The van der Waals surface area contributed by atoms with Crippen molar-refractivity contribution in [3.05, 3.63) is 82.4 Å². The highest BCUT2D eigenvalue weighted by Gasteiger charge is 2.24. The Labute approximate surface area is 189 Å². The number of ketones is 1. The summed E-state index contributed by atoms with van der Waals surface area (Å²) >= 11 is 2.69. The van der Waals surface area contributed by atoms with Gasteiger partial charge in [0, 0.05) is 22.3 Å². The van der Waals surface area contributed by atoms with Crippen LogP contribution in [0.5, 0.6) is 0 Å². The van der Waals surface area contributed by atoms with Gasteiger partial charge in [-0.05, 0) is 26.0 Å². The number of thiazole rings is 1. The summed E-state index contributed by atoms with van der Waals surface area (Å²) in [5.41, 5.74) is 4.98. The quantitative estimate of drug-likeness (QED) is 0.348. The average molecular weight is 445 g/mol. The van der Waals surface area contributed by atoms with E-state index >= 15 is 0 Å². The number of hydrogen-bond donors (Lipinski definition) is 0. The Bertz CT molecular complexity index is 1240. The Kier molecular flexibility index (Phi) is 6.31. The molecule has 2 aromatic carbocycles. The van der Waals surface area contributed by atoms with Crippen LogP contribution in [0.25, 0.3) is 16.9 Å². The third-order valence-electron chi connectivity index (χ3n) is 4.77. The monoisotopic (exact) mass is 444 g/mol. The number of para-hydroxylation sites is 1. The van der Waals surface area contributed by atoms with Gasteiger partial charge in [-0.2, -0.15) is 5.26 Å². The van der Waals surface area contributed by atoms with Crippen molar-refractivity contribution in [2.75, 3.05) is 5.75 Å². The van der Waals surface area contributed by atoms with Gasteiger partial charge in [0.05, 0.1) is 23.7 Å². The largest absolute Gasteiger partial charge is 0.297 e. The lowest BCUT2D eigenvalue weighted by atomic mass is 10.1. The molecule has 2 aromatic heterocycles. The van der Waals surface area contributed by atoms with Crippen molar-refractivity contribution < 1.29 is 4.79 Å². The maximum Gasteiger partial charge on any atom is 0.173 e. The first-order valence-corrected chi connectivity index (χ1v) is 11.6. The Hall–Kier alpha value is -3.21. The number of carbonyl (C=O) groups excluding carboxylic acids is 1. The molecule has 31 heavy (non-hydrogen) atoms. The molecule has 0 aliphatic heterocycles. The molecule has 5 nitrogen and oxygen atoms in total. The van der Waals surface area contributed by atoms with E-state index in [4.69, 9.17) is 0 Å². The van der Waals surface area contributed by atoms with Gasteiger partial charge in [-0.25, -0.2) is 9.97 Å². The van der Waals surface area contributed by atoms with Crippen molar-refractivity contribution in [3.8, 4) is 23.0 Å². The number of imidazole rings is 1. The third kappa shape index (κ3) is 4.61. The third-order valence-corrected chi connectivity index (χ3v) is 6.77. The minimum absolute atomic E-state index is 0.147. The predicted molar refractivity (Wildman–Crippen MR) is 125 cm³/mol. The second-order valence-electron chi connectivity index (χ2n) is 7.11. The van der Waals surface area contributed by atoms with E-state index in [9.17, 15) is 10.1 Å². The lowest BCUT2D eigenvalue weighted by Crippen LogP contribution is -2.13. The van der Waals surface area contributed by atoms with Gasteiger partial charge in [0.2, 0.25) is 0 Å². The molecule has 0 saturated carbocycles. The van der Waals surface area contributed by atoms with E-state index in [0.29, 0.717) is 10.2 Å². The average Bonchev–Trinajstić information content (AvgIpc) is 3.40. The molecule has 4 rings (SSSR count). The van der Waals surface area contributed by atoms with Crippen LogP contribution in [0.4, 0.5) is 0 Å². The summed E-state index contributed by atoms with van der Waals surface area (Å²) in [6.07, 6.45) is 1.83. The molecule has 0 saturated heterocycles. The molecule has 0 aliphatic rings. The molecule has 0 spiro atoms. The first-order chi connectivity index (χ1) is 15.1. The van der Waals surface area contributed by atoms with Crippen molar-refractivity contribution in [2.45, 2.75) is 24.9 Å². The van der Waals surface area contributed by atoms with E-state index in [1.807, 2.05) is 48.8 Å². The summed E-state index contributed by atoms with van der Waals surface area (Å²) < 4.78 is 2.05. The molecular weight excluding hydrogens is 424 g/mol. The predicted octanol–water partition coefficient (Wildman–Crippen LogP) is 5.58. The first kappa shape index (κ1) is 21.0. The number of Topliss-reactive ketones (excluding diaryl/α,β-unsaturated/α-hetero) is 1. The minimum Gasteiger partial charge on any atom is -0.297 e. The molecular formula is C24H20N4OS2. The number of nitrogens with zero attached hydrogens (tertiary/aromatic N) is 4. The second kappa shape index (κ2) is 9.29. The van der Waals surface area contributed by atoms with Crippen LogP contribution in [0.15, 0.2) is 71.3 Å². The number of aryl methyl sites for hydroxylation is 2. The molecule has 1 atom stereocenters. The number of thioether (sulfide) groups is 1. The number of carbonyl (C=O) groups is 1. The Morgan fingerprint density at radius 1 is 1.16 bits per heavy atom. The molecule has 0 radical (unpaired) electrons. The second-order valence-corrected chi connectivity index (χ2v) is 8.94. The van der Waals surface area contributed by atoms with Gasteiger partial charge in [-0.1, -0.05) is 59.8 Å². The molecule has 0 bridgehead atoms. The lowest BCUT2D eigenvalue weighted by Gasteiger charge is -2.12. The van der Waals surface area contributed by atoms with Crippen LogP contribution < -0.4 is 0 Å². The van der Waals surface area contributed by atoms with E-state index in [1.165, 1.54) is 28.7 Å². The summed E-state index contributed by atoms with van der Waals surface area (Å²) in [6.45, 7) is 3.91. The van der Waals surface area contributed by atoms with Crippen LogP contribution in [0.3, 0.4) is 0 Å². The summed E-state index contributed by atoms with van der Waals surface area (Å²) in [4.78, 5) is 21.7. The van der Waals surface area contributed by atoms with E-state index in [1.54, 1.807) is 0 Å². The molecule has 2 heterocycles. The molecule has 0 aliphatic carbocycles. The van der Waals surface area contributed by atoms with Gasteiger partial charge in [-0.15, -0.1) is 11.3 Å². The molecule has 0 N–H and O–H groups in total. The van der Waals surface area contributed by atoms with Gasteiger partial charge in [0.25, 0.3) is 0 Å². The SMILES string of the molecule is Cc1ccc(-c2cnc(SCC(=O)[C@H](C#N)c3nc(C)cs3)n2-c2ccccc2)cc1. The molecule has 7 heteroatoms. The van der Waals surface area contributed by atoms with E-state index < -0.39 is 5.92 Å². The van der Waals surface area contributed by atoms with Crippen molar-refractivity contribution in [2.24, 2.45) is 0 Å². The number of benzene rings is 2. The highest BCUT2D eigenvalue weighted by molar-refractivity contribution is 7.99. The zero-order valence-corrected chi connectivity index (χ0v) is 18.8. The van der Waals surface area contributed by atoms with Crippen LogP contribution in [-0.2, 0) is 4.79 Å². The smallest absolute Gasteiger partial charge is 0.173 e. The van der Waals surface area contributed by atoms with E-state index in [2.05, 4.69) is 51.8 Å². The van der Waals surface area contributed by atoms with Crippen LogP contribution in [0.2, 0.25) is 0 Å². The summed E-state index contributed by atoms with van der Waals surface area (Å²) in [5.74, 6) is -0.863. The molecule has 154 valence electrons. The fourth-order valence-corrected chi connectivity index (χ4v) is 4.94. The Balaban J connectivity index is 1.63. The first-order valence-electron chi connectivity index (χ1n) is 9.74. The maximum absolute atomic E-state index is 12.8. The van der Waals surface area contributed by atoms with Crippen LogP contribution >= 0.6 is 23.1 Å². The lowest BCUT2D eigenvalue weighted by molar-refractivity contribution is -0.116. The highest BCUT2D eigenvalue weighted by atomic mass is 32.2. The van der Waals surface area contributed by atoms with Crippen LogP contribution in [0.1, 0.15) is 22.2 Å². The minimum atomic E-state index is -0.845. The van der Waals surface area contributed by atoms with Gasteiger partial charge in [0.1, 0.15) is 5.01 Å². The molecule has 0 unspecified atom stereocenters. The zero-order chi connectivity index (χ0) is 21.8. The van der Waals surface area contributed by atoms with Crippen LogP contribution in [-0.4, -0.2) is 26.1 Å². The zero-order valence-electron chi connectivity index (χ0n) is 17.1. The summed E-state index contributed by atoms with van der Waals surface area (Å²) in [5, 5.41) is 12.7. The fourth-order valence-electron chi connectivity index (χ4n) is 3.18. The number of hydrogen-bond acceptors (Lipinski definition) is 6. The van der Waals surface area contributed by atoms with Gasteiger partial charge in [0.15, 0.2) is 16.9 Å². The Morgan fingerprint density at radius 2 is 1.90 bits per heavy atom. The van der Waals surface area contributed by atoms with Crippen molar-refractivity contribution >= 4 is 28.9 Å².